The zero-order valence-electron chi connectivity index (χ0n) is 10.6. The van der Waals surface area contributed by atoms with Crippen LogP contribution in [-0.2, 0) is 0 Å². The third-order valence-electron chi connectivity index (χ3n) is 3.18. The second-order valence-corrected chi connectivity index (χ2v) is 4.60. The number of carboxylic acid groups (broad SMARTS) is 1. The Morgan fingerprint density at radius 1 is 1.61 bits per heavy atom. The minimum atomic E-state index is -1.07. The summed E-state index contributed by atoms with van der Waals surface area (Å²) >= 11 is 0. The predicted octanol–water partition coefficient (Wildman–Crippen LogP) is 1.66. The molecule has 18 heavy (non-hydrogen) atoms. The Labute approximate surface area is 106 Å². The number of oxazole rings is 1. The first-order valence-corrected chi connectivity index (χ1v) is 6.36. The van der Waals surface area contributed by atoms with Gasteiger partial charge in [-0.15, -0.1) is 0 Å². The summed E-state index contributed by atoms with van der Waals surface area (Å²) in [5.74, 6) is -1.07. The molecule has 0 atom stereocenters. The molecule has 0 radical (unpaired) electrons. The quantitative estimate of drug-likeness (QED) is 0.831. The number of carboxylic acids is 1. The van der Waals surface area contributed by atoms with E-state index in [0.717, 1.165) is 38.7 Å². The highest BCUT2D eigenvalue weighted by atomic mass is 16.4. The topological polar surface area (TPSA) is 78.6 Å². The maximum absolute atomic E-state index is 10.7. The van der Waals surface area contributed by atoms with Crippen LogP contribution in [0.25, 0.3) is 0 Å². The zero-order valence-corrected chi connectivity index (χ0v) is 10.6. The number of hydrogen-bond acceptors (Lipinski definition) is 5. The van der Waals surface area contributed by atoms with Crippen molar-refractivity contribution in [2.45, 2.75) is 32.2 Å². The van der Waals surface area contributed by atoms with Gasteiger partial charge in [-0.05, 0) is 25.8 Å². The summed E-state index contributed by atoms with van der Waals surface area (Å²) in [6.07, 6.45) is 4.41. The molecule has 6 nitrogen and oxygen atoms in total. The van der Waals surface area contributed by atoms with E-state index in [1.807, 2.05) is 0 Å². The fourth-order valence-corrected chi connectivity index (χ4v) is 2.23. The van der Waals surface area contributed by atoms with E-state index in [-0.39, 0.29) is 5.69 Å². The number of nitrogens with one attached hydrogen (secondary N) is 1. The van der Waals surface area contributed by atoms with Crippen molar-refractivity contribution in [3.63, 3.8) is 0 Å². The van der Waals surface area contributed by atoms with Crippen LogP contribution in [0.15, 0.2) is 10.7 Å². The molecule has 0 unspecified atom stereocenters. The van der Waals surface area contributed by atoms with Crippen LogP contribution >= 0.6 is 0 Å². The second-order valence-electron chi connectivity index (χ2n) is 4.60. The average Bonchev–Trinajstić information content (AvgIpc) is 2.81. The second kappa shape index (κ2) is 5.86. The van der Waals surface area contributed by atoms with Crippen LogP contribution in [0.1, 0.15) is 36.7 Å². The van der Waals surface area contributed by atoms with Crippen molar-refractivity contribution in [1.29, 1.82) is 0 Å². The van der Waals surface area contributed by atoms with E-state index in [1.165, 1.54) is 6.42 Å². The Kier molecular flexibility index (Phi) is 4.19. The molecule has 6 heteroatoms. The van der Waals surface area contributed by atoms with Gasteiger partial charge in [0.15, 0.2) is 5.69 Å². The lowest BCUT2D eigenvalue weighted by molar-refractivity contribution is 0.0690. The fourth-order valence-electron chi connectivity index (χ4n) is 2.23. The van der Waals surface area contributed by atoms with Crippen molar-refractivity contribution in [2.75, 3.05) is 25.0 Å². The molecule has 2 N–H and O–H groups in total. The van der Waals surface area contributed by atoms with E-state index in [0.29, 0.717) is 12.1 Å². The Bertz CT molecular complexity index is 397. The number of likely N-dealkylation sites (tertiary alicyclic amines) is 1. The number of nitrogens with zero attached hydrogens (tertiary/aromatic N) is 2. The molecule has 1 aromatic rings. The SMILES string of the molecule is CCCN1CCC(Nc2nc(C(=O)O)co2)CC1. The van der Waals surface area contributed by atoms with Crippen LogP contribution in [0, 0.1) is 0 Å². The smallest absolute Gasteiger partial charge is 0.357 e. The molecule has 2 rings (SSSR count). The molecule has 1 aliphatic heterocycles. The number of hydrogen-bond donors (Lipinski definition) is 2. The van der Waals surface area contributed by atoms with Crippen LogP contribution in [0.3, 0.4) is 0 Å². The van der Waals surface area contributed by atoms with Gasteiger partial charge in [0, 0.05) is 19.1 Å². The zero-order chi connectivity index (χ0) is 13.0. The van der Waals surface area contributed by atoms with Gasteiger partial charge in [0.1, 0.15) is 6.26 Å². The monoisotopic (exact) mass is 253 g/mol. The Balaban J connectivity index is 1.82. The standard InChI is InChI=1S/C12H19N3O3/c1-2-5-15-6-3-9(4-7-15)13-12-14-10(8-18-12)11(16)17/h8-9H,2-7H2,1H3,(H,13,14)(H,16,17). The van der Waals surface area contributed by atoms with E-state index in [9.17, 15) is 4.79 Å². The minimum Gasteiger partial charge on any atom is -0.476 e. The summed E-state index contributed by atoms with van der Waals surface area (Å²) in [4.78, 5) is 17.0. The fraction of sp³-hybridized carbons (Fsp3) is 0.667. The average molecular weight is 253 g/mol. The third kappa shape index (κ3) is 3.22. The number of carbonyl (C=O) groups is 1. The van der Waals surface area contributed by atoms with Gasteiger partial charge < -0.3 is 19.7 Å². The molecule has 0 amide bonds. The van der Waals surface area contributed by atoms with E-state index in [4.69, 9.17) is 9.52 Å². The van der Waals surface area contributed by atoms with Crippen molar-refractivity contribution < 1.29 is 14.3 Å². The molecule has 1 saturated heterocycles. The molecule has 0 bridgehead atoms. The summed E-state index contributed by atoms with van der Waals surface area (Å²) in [6, 6.07) is 0.625. The normalized spacial score (nSPS) is 17.8. The molecule has 1 fully saturated rings. The molecule has 0 aliphatic carbocycles. The molecule has 100 valence electrons. The van der Waals surface area contributed by atoms with Crippen molar-refractivity contribution in [3.05, 3.63) is 12.0 Å². The van der Waals surface area contributed by atoms with Crippen LogP contribution in [-0.4, -0.2) is 46.6 Å². The Morgan fingerprint density at radius 2 is 2.33 bits per heavy atom. The van der Waals surface area contributed by atoms with Crippen molar-refractivity contribution in [1.82, 2.24) is 9.88 Å². The number of aromatic carboxylic acids is 1. The predicted molar refractivity (Wildman–Crippen MR) is 66.8 cm³/mol. The number of piperidine rings is 1. The van der Waals surface area contributed by atoms with E-state index < -0.39 is 5.97 Å². The maximum Gasteiger partial charge on any atom is 0.357 e. The summed E-state index contributed by atoms with van der Waals surface area (Å²) in [5, 5.41) is 11.9. The first kappa shape index (κ1) is 12.9. The van der Waals surface area contributed by atoms with Gasteiger partial charge in [-0.1, -0.05) is 6.92 Å². The van der Waals surface area contributed by atoms with Crippen LogP contribution in [0.5, 0.6) is 0 Å². The summed E-state index contributed by atoms with van der Waals surface area (Å²) < 4.78 is 5.09. The van der Waals surface area contributed by atoms with Crippen molar-refractivity contribution >= 4 is 12.0 Å². The van der Waals surface area contributed by atoms with Gasteiger partial charge >= 0.3 is 5.97 Å². The number of aromatic nitrogens is 1. The van der Waals surface area contributed by atoms with E-state index in [1.54, 1.807) is 0 Å². The van der Waals surface area contributed by atoms with E-state index >= 15 is 0 Å². The highest BCUT2D eigenvalue weighted by Crippen LogP contribution is 2.16. The summed E-state index contributed by atoms with van der Waals surface area (Å²) in [7, 11) is 0. The molecule has 1 aliphatic rings. The summed E-state index contributed by atoms with van der Waals surface area (Å²) in [5.41, 5.74) is -0.0547. The van der Waals surface area contributed by atoms with Gasteiger partial charge in [-0.2, -0.15) is 4.98 Å². The number of anilines is 1. The van der Waals surface area contributed by atoms with Gasteiger partial charge in [-0.3, -0.25) is 0 Å². The molecule has 2 heterocycles. The number of rotatable bonds is 5. The maximum atomic E-state index is 10.7. The first-order chi connectivity index (χ1) is 8.69. The Hall–Kier alpha value is -1.56. The summed E-state index contributed by atoms with van der Waals surface area (Å²) in [6.45, 7) is 5.47. The van der Waals surface area contributed by atoms with Gasteiger partial charge in [-0.25, -0.2) is 4.79 Å². The lowest BCUT2D eigenvalue weighted by Gasteiger charge is -2.31. The van der Waals surface area contributed by atoms with Crippen LogP contribution < -0.4 is 5.32 Å². The van der Waals surface area contributed by atoms with Crippen LogP contribution in [0.2, 0.25) is 0 Å². The Morgan fingerprint density at radius 3 is 2.89 bits per heavy atom. The molecule has 1 aromatic heterocycles. The van der Waals surface area contributed by atoms with E-state index in [2.05, 4.69) is 22.1 Å². The molecule has 0 saturated carbocycles. The molecule has 0 spiro atoms. The lowest BCUT2D eigenvalue weighted by Crippen LogP contribution is -2.39. The molecule has 0 aromatic carbocycles. The molecular weight excluding hydrogens is 234 g/mol. The van der Waals surface area contributed by atoms with Crippen LogP contribution in [0.4, 0.5) is 6.01 Å². The lowest BCUT2D eigenvalue weighted by atomic mass is 10.1. The van der Waals surface area contributed by atoms with Crippen molar-refractivity contribution in [3.8, 4) is 0 Å². The van der Waals surface area contributed by atoms with Gasteiger partial charge in [0.25, 0.3) is 6.01 Å². The van der Waals surface area contributed by atoms with Gasteiger partial charge in [0.2, 0.25) is 0 Å². The minimum absolute atomic E-state index is 0.0547. The van der Waals surface area contributed by atoms with Crippen molar-refractivity contribution in [2.24, 2.45) is 0 Å². The highest BCUT2D eigenvalue weighted by molar-refractivity contribution is 5.85. The highest BCUT2D eigenvalue weighted by Gasteiger charge is 2.20. The van der Waals surface area contributed by atoms with Gasteiger partial charge in [0.05, 0.1) is 0 Å². The first-order valence-electron chi connectivity index (χ1n) is 6.36. The largest absolute Gasteiger partial charge is 0.476 e. The molecular formula is C12H19N3O3. The third-order valence-corrected chi connectivity index (χ3v) is 3.18.